The average Bonchev–Trinajstić information content (AvgIpc) is 3.18. The van der Waals surface area contributed by atoms with Gasteiger partial charge < -0.3 is 24.8 Å². The SMILES string of the molecule is COc1cc(OC)cc(C(=O)NC2CCN(CCc3ccc(O)c(C)c3C)C2)c1. The molecule has 29 heavy (non-hydrogen) atoms. The second kappa shape index (κ2) is 9.18. The lowest BCUT2D eigenvalue weighted by Gasteiger charge is -2.18. The molecule has 156 valence electrons. The zero-order valence-corrected chi connectivity index (χ0v) is 17.6. The number of nitrogens with one attached hydrogen (secondary N) is 1. The van der Waals surface area contributed by atoms with Crippen LogP contribution in [0.2, 0.25) is 0 Å². The van der Waals surface area contributed by atoms with E-state index in [1.807, 2.05) is 13.0 Å². The molecule has 2 aromatic carbocycles. The molecule has 1 aliphatic heterocycles. The Kier molecular flexibility index (Phi) is 6.64. The highest BCUT2D eigenvalue weighted by Crippen LogP contribution is 2.24. The molecule has 0 radical (unpaired) electrons. The Labute approximate surface area is 172 Å². The summed E-state index contributed by atoms with van der Waals surface area (Å²) in [5.41, 5.74) is 3.90. The third-order valence-electron chi connectivity index (χ3n) is 5.79. The summed E-state index contributed by atoms with van der Waals surface area (Å²) in [6.45, 7) is 6.73. The number of likely N-dealkylation sites (tertiary alicyclic amines) is 1. The van der Waals surface area contributed by atoms with Gasteiger partial charge >= 0.3 is 0 Å². The van der Waals surface area contributed by atoms with E-state index >= 15 is 0 Å². The predicted molar refractivity (Wildman–Crippen MR) is 113 cm³/mol. The highest BCUT2D eigenvalue weighted by Gasteiger charge is 2.24. The molecule has 2 aromatic rings. The van der Waals surface area contributed by atoms with Crippen molar-refractivity contribution in [3.63, 3.8) is 0 Å². The zero-order chi connectivity index (χ0) is 21.0. The van der Waals surface area contributed by atoms with Gasteiger partial charge in [0.15, 0.2) is 0 Å². The first-order valence-electron chi connectivity index (χ1n) is 9.95. The van der Waals surface area contributed by atoms with Crippen molar-refractivity contribution in [3.05, 3.63) is 52.6 Å². The Hall–Kier alpha value is -2.73. The van der Waals surface area contributed by atoms with Gasteiger partial charge in [-0.15, -0.1) is 0 Å². The first kappa shape index (κ1) is 21.0. The molecule has 0 aromatic heterocycles. The molecule has 6 nitrogen and oxygen atoms in total. The second-order valence-electron chi connectivity index (χ2n) is 7.60. The van der Waals surface area contributed by atoms with Crippen LogP contribution in [-0.4, -0.2) is 55.8 Å². The fourth-order valence-corrected chi connectivity index (χ4v) is 3.77. The number of phenols is 1. The molecule has 1 heterocycles. The predicted octanol–water partition coefficient (Wildman–Crippen LogP) is 3.07. The molecule has 0 aliphatic carbocycles. The van der Waals surface area contributed by atoms with Crippen LogP contribution in [-0.2, 0) is 6.42 Å². The molecule has 3 rings (SSSR count). The van der Waals surface area contributed by atoms with Crippen molar-refractivity contribution >= 4 is 5.91 Å². The fraction of sp³-hybridized carbons (Fsp3) is 0.435. The fourth-order valence-electron chi connectivity index (χ4n) is 3.77. The van der Waals surface area contributed by atoms with E-state index in [4.69, 9.17) is 9.47 Å². The van der Waals surface area contributed by atoms with E-state index in [1.54, 1.807) is 38.5 Å². The summed E-state index contributed by atoms with van der Waals surface area (Å²) in [6, 6.07) is 9.10. The molecular formula is C23H30N2O4. The van der Waals surface area contributed by atoms with Crippen molar-refractivity contribution in [1.29, 1.82) is 0 Å². The number of carbonyl (C=O) groups excluding carboxylic acids is 1. The van der Waals surface area contributed by atoms with E-state index in [2.05, 4.69) is 17.1 Å². The number of methoxy groups -OCH3 is 2. The lowest BCUT2D eigenvalue weighted by atomic mass is 10.00. The molecule has 0 bridgehead atoms. The number of rotatable bonds is 7. The van der Waals surface area contributed by atoms with E-state index in [-0.39, 0.29) is 11.9 Å². The Balaban J connectivity index is 1.55. The molecular weight excluding hydrogens is 368 g/mol. The first-order valence-corrected chi connectivity index (χ1v) is 9.95. The van der Waals surface area contributed by atoms with E-state index in [0.29, 0.717) is 22.8 Å². The summed E-state index contributed by atoms with van der Waals surface area (Å²) in [7, 11) is 3.14. The number of hydrogen-bond acceptors (Lipinski definition) is 5. The number of nitrogens with zero attached hydrogens (tertiary/aromatic N) is 1. The summed E-state index contributed by atoms with van der Waals surface area (Å²) < 4.78 is 10.5. The van der Waals surface area contributed by atoms with Crippen LogP contribution in [0.25, 0.3) is 0 Å². The summed E-state index contributed by atoms with van der Waals surface area (Å²) in [5, 5.41) is 12.9. The molecule has 6 heteroatoms. The minimum absolute atomic E-state index is 0.112. The van der Waals surface area contributed by atoms with Crippen molar-refractivity contribution < 1.29 is 19.4 Å². The highest BCUT2D eigenvalue weighted by molar-refractivity contribution is 5.95. The lowest BCUT2D eigenvalue weighted by Crippen LogP contribution is -2.37. The third kappa shape index (κ3) is 5.01. The molecule has 1 saturated heterocycles. The van der Waals surface area contributed by atoms with Gasteiger partial charge in [0.2, 0.25) is 0 Å². The summed E-state index contributed by atoms with van der Waals surface area (Å²) in [5.74, 6) is 1.44. The van der Waals surface area contributed by atoms with Crippen LogP contribution >= 0.6 is 0 Å². The standard InChI is InChI=1S/C23H30N2O4/c1-15-16(2)22(26)6-5-17(15)7-9-25-10-8-19(14-25)24-23(27)18-11-20(28-3)13-21(12-18)29-4/h5-6,11-13,19,26H,7-10,14H2,1-4H3,(H,24,27). The van der Waals surface area contributed by atoms with Gasteiger partial charge in [-0.2, -0.15) is 0 Å². The van der Waals surface area contributed by atoms with Gasteiger partial charge in [0, 0.05) is 37.3 Å². The second-order valence-corrected chi connectivity index (χ2v) is 7.60. The van der Waals surface area contributed by atoms with Crippen LogP contribution in [0.1, 0.15) is 33.5 Å². The molecule has 1 fully saturated rings. The normalized spacial score (nSPS) is 16.6. The van der Waals surface area contributed by atoms with Crippen molar-refractivity contribution in [1.82, 2.24) is 10.2 Å². The van der Waals surface area contributed by atoms with Gasteiger partial charge in [-0.1, -0.05) is 6.07 Å². The smallest absolute Gasteiger partial charge is 0.251 e. The van der Waals surface area contributed by atoms with E-state index in [9.17, 15) is 9.90 Å². The molecule has 1 unspecified atom stereocenters. The molecule has 0 spiro atoms. The van der Waals surface area contributed by atoms with Crippen LogP contribution in [0.3, 0.4) is 0 Å². The lowest BCUT2D eigenvalue weighted by molar-refractivity contribution is 0.0937. The van der Waals surface area contributed by atoms with Crippen LogP contribution in [0.4, 0.5) is 0 Å². The monoisotopic (exact) mass is 398 g/mol. The highest BCUT2D eigenvalue weighted by atomic mass is 16.5. The van der Waals surface area contributed by atoms with Gasteiger partial charge in [-0.05, 0) is 61.6 Å². The minimum atomic E-state index is -0.112. The zero-order valence-electron chi connectivity index (χ0n) is 17.6. The van der Waals surface area contributed by atoms with E-state index < -0.39 is 0 Å². The van der Waals surface area contributed by atoms with Crippen molar-refractivity contribution in [2.45, 2.75) is 32.7 Å². The average molecular weight is 399 g/mol. The number of carbonyl (C=O) groups is 1. The first-order chi connectivity index (χ1) is 13.9. The molecule has 2 N–H and O–H groups in total. The summed E-state index contributed by atoms with van der Waals surface area (Å²) in [4.78, 5) is 15.0. The Morgan fingerprint density at radius 2 is 1.83 bits per heavy atom. The Morgan fingerprint density at radius 1 is 1.14 bits per heavy atom. The van der Waals surface area contributed by atoms with Crippen LogP contribution in [0.15, 0.2) is 30.3 Å². The summed E-state index contributed by atoms with van der Waals surface area (Å²) in [6.07, 6.45) is 1.86. The quantitative estimate of drug-likeness (QED) is 0.750. The molecule has 1 amide bonds. The van der Waals surface area contributed by atoms with Crippen LogP contribution < -0.4 is 14.8 Å². The maximum atomic E-state index is 12.7. The number of benzene rings is 2. The van der Waals surface area contributed by atoms with E-state index in [1.165, 1.54) is 5.56 Å². The van der Waals surface area contributed by atoms with Gasteiger partial charge in [-0.25, -0.2) is 0 Å². The molecule has 1 atom stereocenters. The third-order valence-corrected chi connectivity index (χ3v) is 5.79. The summed E-state index contributed by atoms with van der Waals surface area (Å²) >= 11 is 0. The van der Waals surface area contributed by atoms with Crippen LogP contribution in [0.5, 0.6) is 17.2 Å². The molecule has 1 aliphatic rings. The molecule has 0 saturated carbocycles. The van der Waals surface area contributed by atoms with Gasteiger partial charge in [-0.3, -0.25) is 4.79 Å². The largest absolute Gasteiger partial charge is 0.508 e. The van der Waals surface area contributed by atoms with Gasteiger partial charge in [0.1, 0.15) is 17.2 Å². The maximum absolute atomic E-state index is 12.7. The maximum Gasteiger partial charge on any atom is 0.251 e. The van der Waals surface area contributed by atoms with Gasteiger partial charge in [0.25, 0.3) is 5.91 Å². The topological polar surface area (TPSA) is 71.0 Å². The van der Waals surface area contributed by atoms with Crippen LogP contribution in [0, 0.1) is 13.8 Å². The van der Waals surface area contributed by atoms with Crippen molar-refractivity contribution in [3.8, 4) is 17.2 Å². The minimum Gasteiger partial charge on any atom is -0.508 e. The Bertz CT molecular complexity index is 859. The Morgan fingerprint density at radius 3 is 2.48 bits per heavy atom. The van der Waals surface area contributed by atoms with Gasteiger partial charge in [0.05, 0.1) is 14.2 Å². The number of ether oxygens (including phenoxy) is 2. The number of amides is 1. The number of phenolic OH excluding ortho intramolecular Hbond substituents is 1. The number of aromatic hydroxyl groups is 1. The number of hydrogen-bond donors (Lipinski definition) is 2. The van der Waals surface area contributed by atoms with E-state index in [0.717, 1.165) is 43.6 Å². The van der Waals surface area contributed by atoms with Crippen molar-refractivity contribution in [2.75, 3.05) is 33.9 Å². The van der Waals surface area contributed by atoms with Crippen molar-refractivity contribution in [2.24, 2.45) is 0 Å².